The molecule has 0 spiro atoms. The molecule has 0 aliphatic heterocycles. The third-order valence-corrected chi connectivity index (χ3v) is 5.95. The van der Waals surface area contributed by atoms with Gasteiger partial charge in [0.25, 0.3) is 0 Å². The molecule has 2 aromatic rings. The highest BCUT2D eigenvalue weighted by Crippen LogP contribution is 2.33. The molecule has 1 N–H and O–H groups in total. The molecule has 0 aliphatic rings. The van der Waals surface area contributed by atoms with Crippen LogP contribution in [-0.4, -0.2) is 6.61 Å². The van der Waals surface area contributed by atoms with Crippen LogP contribution in [0.1, 0.15) is 11.8 Å². The normalized spacial score (nSPS) is 10.5. The smallest absolute Gasteiger partial charge is 0.138 e. The maximum atomic E-state index is 6.14. The van der Waals surface area contributed by atoms with E-state index >= 15 is 0 Å². The van der Waals surface area contributed by atoms with Crippen LogP contribution in [0.4, 0.5) is 5.69 Å². The molecular weight excluding hydrogens is 413 g/mol. The molecule has 1 aromatic carbocycles. The van der Waals surface area contributed by atoms with Gasteiger partial charge in [-0.1, -0.05) is 11.6 Å². The van der Waals surface area contributed by atoms with Gasteiger partial charge in [-0.25, -0.2) is 0 Å². The number of rotatable bonds is 5. The number of anilines is 1. The van der Waals surface area contributed by atoms with E-state index in [1.165, 1.54) is 4.88 Å². The minimum Gasteiger partial charge on any atom is -0.492 e. The van der Waals surface area contributed by atoms with Crippen LogP contribution < -0.4 is 10.1 Å². The lowest BCUT2D eigenvalue weighted by Gasteiger charge is -2.09. The van der Waals surface area contributed by atoms with Crippen LogP contribution in [0.25, 0.3) is 0 Å². The number of hydrogen-bond acceptors (Lipinski definition) is 3. The average molecular weight is 426 g/mol. The van der Waals surface area contributed by atoms with Crippen molar-refractivity contribution in [3.63, 3.8) is 0 Å². The van der Waals surface area contributed by atoms with Gasteiger partial charge >= 0.3 is 0 Å². The summed E-state index contributed by atoms with van der Waals surface area (Å²) in [6.45, 7) is 3.32. The van der Waals surface area contributed by atoms with Crippen molar-refractivity contribution in [2.24, 2.45) is 0 Å². The summed E-state index contributed by atoms with van der Waals surface area (Å²) in [5.41, 5.74) is 0.981. The van der Waals surface area contributed by atoms with Crippen molar-refractivity contribution < 1.29 is 4.74 Å². The monoisotopic (exact) mass is 423 g/mol. The number of benzene rings is 1. The van der Waals surface area contributed by atoms with E-state index in [1.54, 1.807) is 11.3 Å². The molecule has 1 aromatic heterocycles. The van der Waals surface area contributed by atoms with Crippen LogP contribution in [0.2, 0.25) is 5.02 Å². The molecule has 1 heterocycles. The number of ether oxygens (including phenoxy) is 1. The summed E-state index contributed by atoms with van der Waals surface area (Å²) in [5.74, 6) is 0.719. The maximum Gasteiger partial charge on any atom is 0.138 e. The number of thiophene rings is 1. The third-order valence-electron chi connectivity index (χ3n) is 2.39. The summed E-state index contributed by atoms with van der Waals surface area (Å²) in [5, 5.41) is 3.97. The Morgan fingerprint density at radius 1 is 1.32 bits per heavy atom. The van der Waals surface area contributed by atoms with Crippen LogP contribution in [0, 0.1) is 0 Å². The molecule has 2 nitrogen and oxygen atoms in total. The highest BCUT2D eigenvalue weighted by Gasteiger charge is 2.05. The van der Waals surface area contributed by atoms with E-state index in [2.05, 4.69) is 43.2 Å². The summed E-state index contributed by atoms with van der Waals surface area (Å²) < 4.78 is 7.59. The van der Waals surface area contributed by atoms with Gasteiger partial charge in [0.1, 0.15) is 5.75 Å². The zero-order valence-corrected chi connectivity index (χ0v) is 14.9. The Kier molecular flexibility index (Phi) is 5.57. The molecule has 0 unspecified atom stereocenters. The Morgan fingerprint density at radius 3 is 2.68 bits per heavy atom. The second kappa shape index (κ2) is 6.97. The van der Waals surface area contributed by atoms with E-state index in [9.17, 15) is 0 Å². The summed E-state index contributed by atoms with van der Waals surface area (Å²) in [6, 6.07) is 7.82. The van der Waals surface area contributed by atoms with Gasteiger partial charge in [0, 0.05) is 21.6 Å². The van der Waals surface area contributed by atoms with Gasteiger partial charge in [-0.15, -0.1) is 11.3 Å². The lowest BCUT2D eigenvalue weighted by molar-refractivity contribution is 0.340. The SMILES string of the molecule is CCOc1ccc(NCc2cc(Br)c(Br)s2)cc1Cl. The minimum atomic E-state index is 0.615. The zero-order chi connectivity index (χ0) is 13.8. The van der Waals surface area contributed by atoms with Crippen molar-refractivity contribution in [3.05, 3.63) is 42.4 Å². The Balaban J connectivity index is 2.01. The van der Waals surface area contributed by atoms with Crippen molar-refractivity contribution in [1.82, 2.24) is 0 Å². The van der Waals surface area contributed by atoms with Gasteiger partial charge in [0.2, 0.25) is 0 Å². The molecule has 0 amide bonds. The molecule has 0 saturated carbocycles. The second-order valence-corrected chi connectivity index (χ2v) is 7.48. The Labute approximate surface area is 138 Å². The largest absolute Gasteiger partial charge is 0.492 e. The summed E-state index contributed by atoms with van der Waals surface area (Å²) in [4.78, 5) is 1.24. The molecule has 2 rings (SSSR count). The maximum absolute atomic E-state index is 6.14. The van der Waals surface area contributed by atoms with Crippen LogP contribution in [0.5, 0.6) is 5.75 Å². The Hall–Kier alpha value is -0.230. The van der Waals surface area contributed by atoms with Crippen LogP contribution in [0.15, 0.2) is 32.5 Å². The minimum absolute atomic E-state index is 0.615. The molecule has 6 heteroatoms. The van der Waals surface area contributed by atoms with Gasteiger partial charge in [0.15, 0.2) is 0 Å². The van der Waals surface area contributed by atoms with Crippen molar-refractivity contribution in [1.29, 1.82) is 0 Å². The van der Waals surface area contributed by atoms with E-state index in [0.29, 0.717) is 11.6 Å². The number of halogens is 3. The first kappa shape index (κ1) is 15.2. The topological polar surface area (TPSA) is 21.3 Å². The highest BCUT2D eigenvalue weighted by atomic mass is 79.9. The quantitative estimate of drug-likeness (QED) is 0.640. The first-order valence-corrected chi connectivity index (χ1v) is 8.48. The third kappa shape index (κ3) is 4.12. The second-order valence-electron chi connectivity index (χ2n) is 3.77. The Bertz CT molecular complexity index is 554. The first-order valence-electron chi connectivity index (χ1n) is 5.70. The summed E-state index contributed by atoms with van der Waals surface area (Å²) in [6.07, 6.45) is 0. The molecule has 0 atom stereocenters. The van der Waals surface area contributed by atoms with Crippen molar-refractivity contribution >= 4 is 60.5 Å². The van der Waals surface area contributed by atoms with Gasteiger partial charge in [-0.3, -0.25) is 0 Å². The predicted molar refractivity (Wildman–Crippen MR) is 89.7 cm³/mol. The number of nitrogens with one attached hydrogen (secondary N) is 1. The van der Waals surface area contributed by atoms with E-state index in [0.717, 1.165) is 26.2 Å². The lowest BCUT2D eigenvalue weighted by Crippen LogP contribution is -1.98. The Morgan fingerprint density at radius 2 is 2.11 bits per heavy atom. The van der Waals surface area contributed by atoms with E-state index in [-0.39, 0.29) is 0 Å². The molecule has 0 saturated heterocycles. The summed E-state index contributed by atoms with van der Waals surface area (Å²) in [7, 11) is 0. The van der Waals surface area contributed by atoms with Gasteiger partial charge in [-0.2, -0.15) is 0 Å². The van der Waals surface area contributed by atoms with Crippen LogP contribution >= 0.6 is 54.8 Å². The van der Waals surface area contributed by atoms with Crippen LogP contribution in [-0.2, 0) is 6.54 Å². The molecule has 0 fully saturated rings. The van der Waals surface area contributed by atoms with E-state index in [4.69, 9.17) is 16.3 Å². The average Bonchev–Trinajstić information content (AvgIpc) is 2.70. The molecule has 19 heavy (non-hydrogen) atoms. The molecule has 0 radical (unpaired) electrons. The predicted octanol–water partition coefficient (Wildman–Crippen LogP) is 5.94. The lowest BCUT2D eigenvalue weighted by atomic mass is 10.3. The highest BCUT2D eigenvalue weighted by molar-refractivity contribution is 9.13. The van der Waals surface area contributed by atoms with Crippen molar-refractivity contribution in [3.8, 4) is 5.75 Å². The van der Waals surface area contributed by atoms with Crippen molar-refractivity contribution in [2.45, 2.75) is 13.5 Å². The molecule has 0 aliphatic carbocycles. The van der Waals surface area contributed by atoms with Gasteiger partial charge < -0.3 is 10.1 Å². The fraction of sp³-hybridized carbons (Fsp3) is 0.231. The van der Waals surface area contributed by atoms with Gasteiger partial charge in [0.05, 0.1) is 15.4 Å². The molecule has 102 valence electrons. The standard InChI is InChI=1S/C13H12Br2ClNOS/c1-2-18-12-4-3-8(5-11(12)16)17-7-9-6-10(14)13(15)19-9/h3-6,17H,2,7H2,1H3. The summed E-state index contributed by atoms with van der Waals surface area (Å²) >= 11 is 14.8. The van der Waals surface area contributed by atoms with Crippen molar-refractivity contribution in [2.75, 3.05) is 11.9 Å². The fourth-order valence-corrected chi connectivity index (χ4v) is 3.90. The fourth-order valence-electron chi connectivity index (χ4n) is 1.55. The first-order chi connectivity index (χ1) is 9.10. The molecule has 0 bridgehead atoms. The van der Waals surface area contributed by atoms with Gasteiger partial charge in [-0.05, 0) is 63.0 Å². The van der Waals surface area contributed by atoms with E-state index in [1.807, 2.05) is 25.1 Å². The van der Waals surface area contributed by atoms with E-state index < -0.39 is 0 Å². The van der Waals surface area contributed by atoms with Crippen LogP contribution in [0.3, 0.4) is 0 Å². The molecular formula is C13H12Br2ClNOS. The number of hydrogen-bond donors (Lipinski definition) is 1. The zero-order valence-electron chi connectivity index (χ0n) is 10.2.